The molecule has 0 atom stereocenters. The third-order valence-electron chi connectivity index (χ3n) is 3.36. The Hall–Kier alpha value is -2.17. The number of hydrogen-bond acceptors (Lipinski definition) is 4. The van der Waals surface area contributed by atoms with Crippen LogP contribution in [0.3, 0.4) is 0 Å². The molecule has 0 aromatic heterocycles. The highest BCUT2D eigenvalue weighted by Gasteiger charge is 2.15. The summed E-state index contributed by atoms with van der Waals surface area (Å²) >= 11 is 7.81. The zero-order chi connectivity index (χ0) is 18.1. The number of carbonyl (C=O) groups excluding carboxylic acids is 1. The number of hydrogen-bond donors (Lipinski definition) is 0. The Morgan fingerprint density at radius 3 is 2.56 bits per heavy atom. The van der Waals surface area contributed by atoms with Gasteiger partial charge in [0.05, 0.1) is 25.5 Å². The molecule has 0 fully saturated rings. The predicted molar refractivity (Wildman–Crippen MR) is 105 cm³/mol. The van der Waals surface area contributed by atoms with Crippen LogP contribution in [0.4, 0.5) is 0 Å². The van der Waals surface area contributed by atoms with Crippen LogP contribution in [-0.2, 0) is 14.3 Å². The zero-order valence-electron chi connectivity index (χ0n) is 14.1. The highest BCUT2D eigenvalue weighted by molar-refractivity contribution is 7.99. The second-order valence-electron chi connectivity index (χ2n) is 4.99. The number of halogens is 1. The lowest BCUT2D eigenvalue weighted by Gasteiger charge is -2.09. The monoisotopic (exact) mass is 374 g/mol. The van der Waals surface area contributed by atoms with Gasteiger partial charge >= 0.3 is 5.97 Å². The molecule has 0 saturated heterocycles. The second kappa shape index (κ2) is 9.97. The molecule has 0 amide bonds. The van der Waals surface area contributed by atoms with E-state index in [1.165, 1.54) is 20.5 Å². The number of thioether (sulfide) groups is 1. The molecule has 0 radical (unpaired) electrons. The van der Waals surface area contributed by atoms with Crippen molar-refractivity contribution in [3.63, 3.8) is 0 Å². The Kier molecular flexibility index (Phi) is 7.64. The number of ether oxygens (including phenoxy) is 2. The van der Waals surface area contributed by atoms with Crippen LogP contribution in [0.1, 0.15) is 11.1 Å². The Morgan fingerprint density at radius 2 is 1.84 bits per heavy atom. The van der Waals surface area contributed by atoms with Gasteiger partial charge in [-0.25, -0.2) is 4.79 Å². The second-order valence-corrected chi connectivity index (χ2v) is 6.46. The highest BCUT2D eigenvalue weighted by Crippen LogP contribution is 2.27. The summed E-state index contributed by atoms with van der Waals surface area (Å²) in [5.74, 6) is 0.327. The molecule has 0 saturated carbocycles. The molecule has 2 aromatic carbocycles. The van der Waals surface area contributed by atoms with Crippen LogP contribution in [0.2, 0.25) is 5.02 Å². The standard InChI is InChI=1S/C20H19ClO3S/c1-23-14-17(20(22)24-2)16-10-4-3-8-15(16)9-7-13-25-19-12-6-5-11-18(19)21/h3-12,14H,13H2,1-2H3. The average molecular weight is 375 g/mol. The van der Waals surface area contributed by atoms with Crippen molar-refractivity contribution in [2.75, 3.05) is 20.0 Å². The molecule has 2 rings (SSSR count). The first-order valence-electron chi connectivity index (χ1n) is 7.62. The Labute approximate surface area is 157 Å². The van der Waals surface area contributed by atoms with Crippen LogP contribution in [0.15, 0.2) is 65.8 Å². The Bertz CT molecular complexity index is 784. The first-order valence-corrected chi connectivity index (χ1v) is 8.98. The molecule has 0 aliphatic heterocycles. The number of benzene rings is 2. The fourth-order valence-electron chi connectivity index (χ4n) is 2.21. The summed E-state index contributed by atoms with van der Waals surface area (Å²) in [4.78, 5) is 13.0. The lowest BCUT2D eigenvalue weighted by atomic mass is 10.0. The largest absolute Gasteiger partial charge is 0.503 e. The maximum atomic E-state index is 12.0. The maximum absolute atomic E-state index is 12.0. The summed E-state index contributed by atoms with van der Waals surface area (Å²) < 4.78 is 9.87. The molecule has 0 unspecified atom stereocenters. The molecule has 25 heavy (non-hydrogen) atoms. The van der Waals surface area contributed by atoms with Crippen LogP contribution in [-0.4, -0.2) is 25.9 Å². The molecule has 0 bridgehead atoms. The van der Waals surface area contributed by atoms with E-state index >= 15 is 0 Å². The van der Waals surface area contributed by atoms with E-state index < -0.39 is 5.97 Å². The third kappa shape index (κ3) is 5.41. The molecule has 0 N–H and O–H groups in total. The van der Waals surface area contributed by atoms with Gasteiger partial charge in [0.2, 0.25) is 0 Å². The van der Waals surface area contributed by atoms with Gasteiger partial charge in [0, 0.05) is 10.6 Å². The van der Waals surface area contributed by atoms with Crippen LogP contribution in [0.5, 0.6) is 0 Å². The summed E-state index contributed by atoms with van der Waals surface area (Å²) in [6, 6.07) is 15.3. The molecular weight excluding hydrogens is 356 g/mol. The molecule has 0 spiro atoms. The van der Waals surface area contributed by atoms with Crippen molar-refractivity contribution in [2.45, 2.75) is 4.90 Å². The molecule has 3 nitrogen and oxygen atoms in total. The Balaban J connectivity index is 2.16. The minimum absolute atomic E-state index is 0.379. The van der Waals surface area contributed by atoms with Gasteiger partial charge in [0.25, 0.3) is 0 Å². The van der Waals surface area contributed by atoms with E-state index in [-0.39, 0.29) is 0 Å². The van der Waals surface area contributed by atoms with Crippen molar-refractivity contribution in [2.24, 2.45) is 0 Å². The van der Waals surface area contributed by atoms with Gasteiger partial charge in [-0.05, 0) is 23.3 Å². The van der Waals surface area contributed by atoms with Crippen LogP contribution < -0.4 is 0 Å². The summed E-state index contributed by atoms with van der Waals surface area (Å²) in [7, 11) is 2.85. The van der Waals surface area contributed by atoms with E-state index in [1.807, 2.05) is 60.7 Å². The normalized spacial score (nSPS) is 11.6. The molecule has 0 heterocycles. The van der Waals surface area contributed by atoms with Crippen molar-refractivity contribution in [1.29, 1.82) is 0 Å². The first kappa shape index (κ1) is 19.2. The molecule has 130 valence electrons. The van der Waals surface area contributed by atoms with Crippen molar-refractivity contribution in [3.8, 4) is 0 Å². The first-order chi connectivity index (χ1) is 12.2. The van der Waals surface area contributed by atoms with Gasteiger partial charge in [-0.3, -0.25) is 0 Å². The van der Waals surface area contributed by atoms with Crippen LogP contribution >= 0.6 is 23.4 Å². The summed E-state index contributed by atoms with van der Waals surface area (Å²) in [6.45, 7) is 0. The molecule has 0 aliphatic rings. The SMILES string of the molecule is COC=C(C(=O)OC)c1ccccc1C=CCSc1ccccc1Cl. The van der Waals surface area contributed by atoms with Crippen molar-refractivity contribution in [3.05, 3.63) is 77.0 Å². The molecular formula is C20H19ClO3S. The lowest BCUT2D eigenvalue weighted by molar-refractivity contribution is -0.133. The van der Waals surface area contributed by atoms with E-state index in [0.29, 0.717) is 5.57 Å². The molecule has 5 heteroatoms. The highest BCUT2D eigenvalue weighted by atomic mass is 35.5. The van der Waals surface area contributed by atoms with E-state index in [9.17, 15) is 4.79 Å². The van der Waals surface area contributed by atoms with Gasteiger partial charge in [-0.1, -0.05) is 60.2 Å². The number of methoxy groups -OCH3 is 2. The van der Waals surface area contributed by atoms with E-state index in [1.54, 1.807) is 11.8 Å². The molecule has 2 aromatic rings. The van der Waals surface area contributed by atoms with Crippen molar-refractivity contribution < 1.29 is 14.3 Å². The smallest absolute Gasteiger partial charge is 0.341 e. The minimum Gasteiger partial charge on any atom is -0.503 e. The van der Waals surface area contributed by atoms with E-state index in [0.717, 1.165) is 26.8 Å². The van der Waals surface area contributed by atoms with E-state index in [4.69, 9.17) is 21.1 Å². The Morgan fingerprint density at radius 1 is 1.12 bits per heavy atom. The van der Waals surface area contributed by atoms with Crippen LogP contribution in [0.25, 0.3) is 11.6 Å². The summed E-state index contributed by atoms with van der Waals surface area (Å²) in [6.07, 6.45) is 5.41. The van der Waals surface area contributed by atoms with Gasteiger partial charge in [-0.15, -0.1) is 11.8 Å². The third-order valence-corrected chi connectivity index (χ3v) is 4.83. The van der Waals surface area contributed by atoms with Crippen LogP contribution in [0, 0.1) is 0 Å². The molecule has 0 aliphatic carbocycles. The minimum atomic E-state index is -0.437. The fourth-order valence-corrected chi connectivity index (χ4v) is 3.26. The topological polar surface area (TPSA) is 35.5 Å². The van der Waals surface area contributed by atoms with Gasteiger partial charge < -0.3 is 9.47 Å². The zero-order valence-corrected chi connectivity index (χ0v) is 15.6. The summed E-state index contributed by atoms with van der Waals surface area (Å²) in [5.41, 5.74) is 2.05. The van der Waals surface area contributed by atoms with Crippen molar-refractivity contribution in [1.82, 2.24) is 0 Å². The quantitative estimate of drug-likeness (QED) is 0.285. The van der Waals surface area contributed by atoms with Gasteiger partial charge in [0.1, 0.15) is 5.57 Å². The van der Waals surface area contributed by atoms with Gasteiger partial charge in [-0.2, -0.15) is 0 Å². The number of carbonyl (C=O) groups is 1. The number of esters is 1. The average Bonchev–Trinajstić information content (AvgIpc) is 2.64. The fraction of sp³-hybridized carbons (Fsp3) is 0.150. The maximum Gasteiger partial charge on any atom is 0.341 e. The predicted octanol–water partition coefficient (Wildman–Crippen LogP) is 5.31. The van der Waals surface area contributed by atoms with Gasteiger partial charge in [0.15, 0.2) is 0 Å². The number of rotatable bonds is 7. The lowest BCUT2D eigenvalue weighted by Crippen LogP contribution is -2.05. The van der Waals surface area contributed by atoms with E-state index in [2.05, 4.69) is 0 Å². The summed E-state index contributed by atoms with van der Waals surface area (Å²) in [5, 5.41) is 0.748. The van der Waals surface area contributed by atoms with Crippen molar-refractivity contribution >= 4 is 41.0 Å².